The van der Waals surface area contributed by atoms with Crippen molar-refractivity contribution in [3.8, 4) is 0 Å². The van der Waals surface area contributed by atoms with Crippen LogP contribution in [0.1, 0.15) is 12.0 Å². The number of amides is 1. The minimum atomic E-state index is -0.341. The average molecular weight is 284 g/mol. The molecule has 1 amide bonds. The number of carbonyl (C=O) groups excluding carboxylic acids is 1. The number of hydrogen-bond acceptors (Lipinski definition) is 2. The molecule has 1 unspecified atom stereocenters. The Kier molecular flexibility index (Phi) is 3.61. The average Bonchev–Trinajstić information content (AvgIpc) is 2.65. The normalized spacial score (nSPS) is 20.1. The molecule has 1 saturated heterocycles. The van der Waals surface area contributed by atoms with Gasteiger partial charge in [0, 0.05) is 17.6 Å². The lowest BCUT2D eigenvalue weighted by molar-refractivity contribution is -0.129. The van der Waals surface area contributed by atoms with Crippen LogP contribution >= 0.6 is 15.9 Å². The van der Waals surface area contributed by atoms with Crippen LogP contribution in [0.3, 0.4) is 0 Å². The molecule has 1 aromatic carbocycles. The van der Waals surface area contributed by atoms with E-state index in [1.165, 1.54) is 0 Å². The predicted molar refractivity (Wildman–Crippen MR) is 65.0 cm³/mol. The van der Waals surface area contributed by atoms with E-state index in [1.54, 1.807) is 4.90 Å². The lowest BCUT2D eigenvalue weighted by Crippen LogP contribution is -2.30. The molecule has 1 aliphatic heterocycles. The first-order valence-electron chi connectivity index (χ1n) is 5.35. The van der Waals surface area contributed by atoms with Crippen molar-refractivity contribution in [3.63, 3.8) is 0 Å². The van der Waals surface area contributed by atoms with Crippen molar-refractivity contribution >= 4 is 21.8 Å². The largest absolute Gasteiger partial charge is 0.391 e. The minimum absolute atomic E-state index is 0.0923. The number of aliphatic hydroxyl groups is 1. The first-order chi connectivity index (χ1) is 7.65. The molecule has 0 radical (unpaired) electrons. The molecule has 1 aliphatic rings. The van der Waals surface area contributed by atoms with Crippen LogP contribution in [0, 0.1) is 0 Å². The second-order valence-electron chi connectivity index (χ2n) is 4.09. The summed E-state index contributed by atoms with van der Waals surface area (Å²) in [5.41, 5.74) is 1.00. The second kappa shape index (κ2) is 4.97. The summed E-state index contributed by atoms with van der Waals surface area (Å²) in [6.07, 6.45) is 0.766. The highest BCUT2D eigenvalue weighted by atomic mass is 79.9. The van der Waals surface area contributed by atoms with E-state index in [0.717, 1.165) is 10.0 Å². The molecule has 0 bridgehead atoms. The smallest absolute Gasteiger partial charge is 0.227 e. The number of β-amino-alcohol motifs (C(OH)–C–C–N with tert-alkyl or cyclic N) is 1. The fourth-order valence-electron chi connectivity index (χ4n) is 1.90. The number of nitrogens with zero attached hydrogens (tertiary/aromatic N) is 1. The number of carbonyl (C=O) groups is 1. The lowest BCUT2D eigenvalue weighted by Gasteiger charge is -2.15. The molecule has 86 valence electrons. The molecule has 16 heavy (non-hydrogen) atoms. The lowest BCUT2D eigenvalue weighted by atomic mass is 10.1. The van der Waals surface area contributed by atoms with Gasteiger partial charge < -0.3 is 10.0 Å². The highest BCUT2D eigenvalue weighted by Crippen LogP contribution is 2.15. The summed E-state index contributed by atoms with van der Waals surface area (Å²) in [5, 5.41) is 9.36. The van der Waals surface area contributed by atoms with Gasteiger partial charge in [-0.15, -0.1) is 0 Å². The molecule has 1 aromatic rings. The van der Waals surface area contributed by atoms with E-state index >= 15 is 0 Å². The van der Waals surface area contributed by atoms with E-state index < -0.39 is 0 Å². The number of likely N-dealkylation sites (tertiary alicyclic amines) is 1. The van der Waals surface area contributed by atoms with Gasteiger partial charge in [-0.25, -0.2) is 0 Å². The van der Waals surface area contributed by atoms with Crippen molar-refractivity contribution in [1.29, 1.82) is 0 Å². The monoisotopic (exact) mass is 283 g/mol. The number of halogens is 1. The Labute approximate surface area is 103 Å². The van der Waals surface area contributed by atoms with E-state index in [-0.39, 0.29) is 12.0 Å². The van der Waals surface area contributed by atoms with Crippen molar-refractivity contribution in [3.05, 3.63) is 34.3 Å². The molecule has 3 nitrogen and oxygen atoms in total. The molecular formula is C12H14BrNO2. The Hall–Kier alpha value is -0.870. The number of rotatable bonds is 2. The van der Waals surface area contributed by atoms with Crippen LogP contribution in [0.2, 0.25) is 0 Å². The van der Waals surface area contributed by atoms with Crippen LogP contribution in [0.5, 0.6) is 0 Å². The topological polar surface area (TPSA) is 40.5 Å². The summed E-state index contributed by atoms with van der Waals surface area (Å²) >= 11 is 3.38. The maximum absolute atomic E-state index is 11.9. The van der Waals surface area contributed by atoms with Crippen LogP contribution in [0.4, 0.5) is 0 Å². The van der Waals surface area contributed by atoms with Crippen LogP contribution < -0.4 is 0 Å². The van der Waals surface area contributed by atoms with Crippen molar-refractivity contribution in [2.24, 2.45) is 0 Å². The van der Waals surface area contributed by atoms with Crippen LogP contribution in [-0.2, 0) is 11.2 Å². The summed E-state index contributed by atoms with van der Waals surface area (Å²) in [7, 11) is 0. The van der Waals surface area contributed by atoms with E-state index in [2.05, 4.69) is 15.9 Å². The third-order valence-corrected chi connectivity index (χ3v) is 3.25. The SMILES string of the molecule is O=C(Cc1cccc(Br)c1)N1CCC(O)C1. The molecule has 0 aromatic heterocycles. The first kappa shape index (κ1) is 11.6. The zero-order valence-electron chi connectivity index (χ0n) is 8.90. The molecular weight excluding hydrogens is 270 g/mol. The zero-order valence-corrected chi connectivity index (χ0v) is 10.5. The third-order valence-electron chi connectivity index (χ3n) is 2.76. The molecule has 1 fully saturated rings. The van der Waals surface area contributed by atoms with Gasteiger partial charge in [0.25, 0.3) is 0 Å². The molecule has 1 atom stereocenters. The predicted octanol–water partition coefficient (Wildman–Crippen LogP) is 1.58. The van der Waals surface area contributed by atoms with E-state index in [1.807, 2.05) is 24.3 Å². The van der Waals surface area contributed by atoms with Crippen LogP contribution in [-0.4, -0.2) is 35.1 Å². The van der Waals surface area contributed by atoms with Gasteiger partial charge in [-0.3, -0.25) is 4.79 Å². The summed E-state index contributed by atoms with van der Waals surface area (Å²) in [6.45, 7) is 1.15. The quantitative estimate of drug-likeness (QED) is 0.896. The highest BCUT2D eigenvalue weighted by molar-refractivity contribution is 9.10. The van der Waals surface area contributed by atoms with Gasteiger partial charge in [-0.2, -0.15) is 0 Å². The van der Waals surface area contributed by atoms with E-state index in [9.17, 15) is 9.90 Å². The Morgan fingerprint density at radius 1 is 1.56 bits per heavy atom. The van der Waals surface area contributed by atoms with E-state index in [0.29, 0.717) is 25.9 Å². The second-order valence-corrected chi connectivity index (χ2v) is 5.00. The van der Waals surface area contributed by atoms with Gasteiger partial charge in [-0.05, 0) is 24.1 Å². The van der Waals surface area contributed by atoms with Crippen molar-refractivity contribution in [2.45, 2.75) is 18.9 Å². The molecule has 0 saturated carbocycles. The summed E-state index contributed by atoms with van der Waals surface area (Å²) in [4.78, 5) is 13.6. The summed E-state index contributed by atoms with van der Waals surface area (Å²) < 4.78 is 0.985. The van der Waals surface area contributed by atoms with Gasteiger partial charge in [0.2, 0.25) is 5.91 Å². The minimum Gasteiger partial charge on any atom is -0.391 e. The van der Waals surface area contributed by atoms with Gasteiger partial charge >= 0.3 is 0 Å². The van der Waals surface area contributed by atoms with Crippen LogP contribution in [0.15, 0.2) is 28.7 Å². The third kappa shape index (κ3) is 2.83. The van der Waals surface area contributed by atoms with E-state index in [4.69, 9.17) is 0 Å². The van der Waals surface area contributed by atoms with Crippen molar-refractivity contribution in [1.82, 2.24) is 4.90 Å². The number of hydrogen-bond donors (Lipinski definition) is 1. The van der Waals surface area contributed by atoms with Crippen molar-refractivity contribution < 1.29 is 9.90 Å². The Morgan fingerprint density at radius 3 is 3.00 bits per heavy atom. The maximum atomic E-state index is 11.9. The Bertz CT molecular complexity index is 394. The highest BCUT2D eigenvalue weighted by Gasteiger charge is 2.24. The van der Waals surface area contributed by atoms with Gasteiger partial charge in [0.1, 0.15) is 0 Å². The molecule has 0 aliphatic carbocycles. The Morgan fingerprint density at radius 2 is 2.38 bits per heavy atom. The van der Waals surface area contributed by atoms with Gasteiger partial charge in [-0.1, -0.05) is 28.1 Å². The first-order valence-corrected chi connectivity index (χ1v) is 6.15. The standard InChI is InChI=1S/C12H14BrNO2/c13-10-3-1-2-9(6-10)7-12(16)14-5-4-11(15)8-14/h1-3,6,11,15H,4-5,7-8H2. The molecule has 0 spiro atoms. The van der Waals surface area contributed by atoms with Crippen LogP contribution in [0.25, 0.3) is 0 Å². The summed E-state index contributed by atoms with van der Waals surface area (Å²) in [5.74, 6) is 0.0923. The number of aliphatic hydroxyl groups excluding tert-OH is 1. The maximum Gasteiger partial charge on any atom is 0.227 e. The number of benzene rings is 1. The Balaban J connectivity index is 1.97. The zero-order chi connectivity index (χ0) is 11.5. The molecule has 2 rings (SSSR count). The van der Waals surface area contributed by atoms with Crippen molar-refractivity contribution in [2.75, 3.05) is 13.1 Å². The fourth-order valence-corrected chi connectivity index (χ4v) is 2.35. The molecule has 4 heteroatoms. The summed E-state index contributed by atoms with van der Waals surface area (Å²) in [6, 6.07) is 7.75. The molecule has 1 N–H and O–H groups in total. The molecule has 1 heterocycles. The fraction of sp³-hybridized carbons (Fsp3) is 0.417. The van der Waals surface area contributed by atoms with Gasteiger partial charge in [0.15, 0.2) is 0 Å². The van der Waals surface area contributed by atoms with Gasteiger partial charge in [0.05, 0.1) is 12.5 Å².